The van der Waals surface area contributed by atoms with Crippen LogP contribution in [0.15, 0.2) is 108 Å². The second-order valence-corrected chi connectivity index (χ2v) is 11.6. The van der Waals surface area contributed by atoms with Crippen LogP contribution in [0.25, 0.3) is 55.2 Å². The van der Waals surface area contributed by atoms with Gasteiger partial charge in [0.1, 0.15) is 5.58 Å². The molecule has 3 heterocycles. The van der Waals surface area contributed by atoms with Crippen molar-refractivity contribution in [1.29, 1.82) is 0 Å². The summed E-state index contributed by atoms with van der Waals surface area (Å²) >= 11 is 0. The molecule has 2 fully saturated rings. The molecule has 45 heavy (non-hydrogen) atoms. The monoisotopic (exact) mass is 768 g/mol. The summed E-state index contributed by atoms with van der Waals surface area (Å²) in [6.45, 7) is -2.34. The van der Waals surface area contributed by atoms with Gasteiger partial charge in [0.2, 0.25) is 0 Å². The van der Waals surface area contributed by atoms with Crippen LogP contribution in [0.1, 0.15) is 73.9 Å². The van der Waals surface area contributed by atoms with Crippen molar-refractivity contribution in [3.05, 3.63) is 132 Å². The number of aryl methyl sites for hydroxylation is 1. The Morgan fingerprint density at radius 3 is 2.42 bits per heavy atom. The van der Waals surface area contributed by atoms with Gasteiger partial charge >= 0.3 is 0 Å². The summed E-state index contributed by atoms with van der Waals surface area (Å²) in [4.78, 5) is 9.05. The third kappa shape index (κ3) is 5.86. The molecule has 0 spiro atoms. The number of fused-ring (bicyclic) bond motifs is 4. The van der Waals surface area contributed by atoms with E-state index in [4.69, 9.17) is 16.3 Å². The molecule has 0 atom stereocenters. The van der Waals surface area contributed by atoms with Gasteiger partial charge < -0.3 is 14.4 Å². The van der Waals surface area contributed by atoms with E-state index in [0.717, 1.165) is 82.5 Å². The SMILES string of the molecule is [2H]C([2H])([2H])c1[c-]c(-c2ncc(C3([2H])CC3)c3cc(C4([2H])CCCC4)ccc23)c2oc3ccccc3c2c1.[Ir].[c-]1ccccc1-c1ccccn1. The molecule has 7 aromatic rings. The Labute approximate surface area is 285 Å². The van der Waals surface area contributed by atoms with Crippen LogP contribution in [-0.4, -0.2) is 9.97 Å². The molecule has 4 heteroatoms. The minimum absolute atomic E-state index is 0. The van der Waals surface area contributed by atoms with E-state index in [1.54, 1.807) is 18.5 Å². The van der Waals surface area contributed by atoms with E-state index in [-0.39, 0.29) is 25.7 Å². The van der Waals surface area contributed by atoms with Crippen LogP contribution in [0, 0.1) is 19.0 Å². The van der Waals surface area contributed by atoms with Gasteiger partial charge in [0.05, 0.1) is 5.58 Å². The van der Waals surface area contributed by atoms with Crippen molar-refractivity contribution < 1.29 is 31.4 Å². The molecule has 2 saturated carbocycles. The summed E-state index contributed by atoms with van der Waals surface area (Å²) < 4.78 is 48.6. The summed E-state index contributed by atoms with van der Waals surface area (Å²) in [6.07, 6.45) is 8.92. The Hall–Kier alpha value is -4.11. The fourth-order valence-corrected chi connectivity index (χ4v) is 6.37. The number of nitrogens with zero attached hydrogens (tertiary/aromatic N) is 2. The summed E-state index contributed by atoms with van der Waals surface area (Å²) in [6, 6.07) is 35.3. The first-order valence-electron chi connectivity index (χ1n) is 17.8. The number of aromatic nitrogens is 2. The van der Waals surface area contributed by atoms with Crippen molar-refractivity contribution in [2.45, 2.75) is 57.2 Å². The summed E-state index contributed by atoms with van der Waals surface area (Å²) in [7, 11) is 0. The number of hydrogen-bond acceptors (Lipinski definition) is 3. The normalized spacial score (nSPS) is 18.1. The number of hydrogen-bond donors (Lipinski definition) is 0. The van der Waals surface area contributed by atoms with Gasteiger partial charge in [0.25, 0.3) is 0 Å². The van der Waals surface area contributed by atoms with Gasteiger partial charge in [-0.05, 0) is 82.9 Å². The van der Waals surface area contributed by atoms with E-state index in [1.807, 2.05) is 78.9 Å². The fraction of sp³-hybridized carbons (Fsp3) is 0.220. The van der Waals surface area contributed by atoms with Gasteiger partial charge in [0, 0.05) is 44.7 Å². The van der Waals surface area contributed by atoms with E-state index in [2.05, 4.69) is 23.2 Å². The number of furan rings is 1. The maximum atomic E-state index is 9.08. The van der Waals surface area contributed by atoms with Crippen molar-refractivity contribution in [1.82, 2.24) is 9.97 Å². The first-order chi connectivity index (χ1) is 23.6. The predicted octanol–water partition coefficient (Wildman–Crippen LogP) is 11.0. The van der Waals surface area contributed by atoms with Crippen LogP contribution in [0.4, 0.5) is 0 Å². The zero-order chi connectivity index (χ0) is 33.8. The van der Waals surface area contributed by atoms with Crippen molar-refractivity contribution >= 4 is 32.7 Å². The molecule has 0 aliphatic heterocycles. The van der Waals surface area contributed by atoms with Crippen LogP contribution in [0.3, 0.4) is 0 Å². The minimum atomic E-state index is -2.34. The zero-order valence-corrected chi connectivity index (χ0v) is 27.1. The number of benzene rings is 4. The molecule has 3 aromatic heterocycles. The van der Waals surface area contributed by atoms with Crippen molar-refractivity contribution in [3.63, 3.8) is 0 Å². The second-order valence-electron chi connectivity index (χ2n) is 11.6. The second kappa shape index (κ2) is 12.7. The predicted molar refractivity (Wildman–Crippen MR) is 180 cm³/mol. The van der Waals surface area contributed by atoms with Gasteiger partial charge in [-0.2, -0.15) is 0 Å². The Morgan fingerprint density at radius 2 is 1.64 bits per heavy atom. The molecule has 0 N–H and O–H groups in total. The molecular weight excluding hydrogens is 729 g/mol. The molecule has 0 amide bonds. The molecular formula is C41H34IrN2O-2. The molecule has 1 radical (unpaired) electrons. The van der Waals surface area contributed by atoms with Gasteiger partial charge in [0.15, 0.2) is 0 Å². The third-order valence-electron chi connectivity index (χ3n) is 8.68. The standard InChI is InChI=1S/C30H26NO.C11H8N.Ir/c1-18-14-25-22-8-4-5-9-28(22)32-30(25)26(15-18)29-23-13-12-21(19-6-2-3-7-19)16-24(23)27(17-31-29)20-10-11-20;1-2-6-10(7-3-1)11-8-4-5-9-12-11;/h4-5,8-9,12-14,16-17,19-20H,2-3,6-7,10-11H2,1H3;1-6,8-9H;/q2*-1;/i1D3,19D,20D;;. The molecule has 0 bridgehead atoms. The van der Waals surface area contributed by atoms with E-state index in [1.165, 1.54) is 0 Å². The summed E-state index contributed by atoms with van der Waals surface area (Å²) in [5.41, 5.74) is 6.33. The topological polar surface area (TPSA) is 38.9 Å². The number of pyridine rings is 2. The largest absolute Gasteiger partial charge is 0.501 e. The van der Waals surface area contributed by atoms with Crippen molar-refractivity contribution in [2.24, 2.45) is 0 Å². The first-order valence-corrected chi connectivity index (χ1v) is 15.3. The van der Waals surface area contributed by atoms with Crippen LogP contribution >= 0.6 is 0 Å². The quantitative estimate of drug-likeness (QED) is 0.167. The van der Waals surface area contributed by atoms with Crippen LogP contribution in [-0.2, 0) is 20.1 Å². The molecule has 0 unspecified atom stereocenters. The van der Waals surface area contributed by atoms with Crippen LogP contribution < -0.4 is 0 Å². The van der Waals surface area contributed by atoms with Crippen LogP contribution in [0.2, 0.25) is 0 Å². The van der Waals surface area contributed by atoms with Crippen molar-refractivity contribution in [2.75, 3.05) is 0 Å². The Kier molecular flexibility index (Phi) is 6.83. The van der Waals surface area contributed by atoms with E-state index in [9.17, 15) is 0 Å². The van der Waals surface area contributed by atoms with E-state index < -0.39 is 18.6 Å². The van der Waals surface area contributed by atoms with Crippen LogP contribution in [0.5, 0.6) is 0 Å². The molecule has 2 aliphatic rings. The van der Waals surface area contributed by atoms with Gasteiger partial charge in [-0.15, -0.1) is 53.6 Å². The number of para-hydroxylation sites is 1. The maximum absolute atomic E-state index is 9.08. The van der Waals surface area contributed by atoms with E-state index >= 15 is 0 Å². The average Bonchev–Trinajstić information content (AvgIpc) is 3.52. The molecule has 0 saturated heterocycles. The Bertz CT molecular complexity index is 2270. The Balaban J connectivity index is 0.000000255. The fourth-order valence-electron chi connectivity index (χ4n) is 6.37. The third-order valence-corrected chi connectivity index (χ3v) is 8.68. The summed E-state index contributed by atoms with van der Waals surface area (Å²) in [5, 5.41) is 3.33. The summed E-state index contributed by atoms with van der Waals surface area (Å²) in [5.74, 6) is -1.26. The Morgan fingerprint density at radius 1 is 0.800 bits per heavy atom. The smallest absolute Gasteiger partial charge is 0.120 e. The van der Waals surface area contributed by atoms with Crippen molar-refractivity contribution in [3.8, 4) is 22.5 Å². The molecule has 225 valence electrons. The van der Waals surface area contributed by atoms with E-state index in [0.29, 0.717) is 22.4 Å². The molecule has 3 nitrogen and oxygen atoms in total. The van der Waals surface area contributed by atoms with Gasteiger partial charge in [-0.3, -0.25) is 0 Å². The maximum Gasteiger partial charge on any atom is 0.120 e. The molecule has 4 aromatic carbocycles. The van der Waals surface area contributed by atoms with Gasteiger partial charge in [-0.1, -0.05) is 79.2 Å². The average molecular weight is 768 g/mol. The number of rotatable bonds is 4. The minimum Gasteiger partial charge on any atom is -0.501 e. The first kappa shape index (κ1) is 24.2. The molecule has 2 aliphatic carbocycles. The molecule has 9 rings (SSSR count). The zero-order valence-electron chi connectivity index (χ0n) is 29.7. The van der Waals surface area contributed by atoms with Gasteiger partial charge in [-0.25, -0.2) is 0 Å².